The van der Waals surface area contributed by atoms with Crippen molar-refractivity contribution in [2.24, 2.45) is 0 Å². The molecule has 1 aromatic rings. The van der Waals surface area contributed by atoms with Gasteiger partial charge in [0.15, 0.2) is 0 Å². The third-order valence-electron chi connectivity index (χ3n) is 4.67. The molecule has 0 bridgehead atoms. The van der Waals surface area contributed by atoms with Gasteiger partial charge in [0.05, 0.1) is 6.42 Å². The molecular weight excluding hydrogens is 318 g/mol. The molecule has 2 aliphatic rings. The summed E-state index contributed by atoms with van der Waals surface area (Å²) in [6.45, 7) is 1.06. The Hall–Kier alpha value is -0.870. The molecule has 4 heteroatoms. The maximum Gasteiger partial charge on any atom is 0.304 e. The predicted molar refractivity (Wildman–Crippen MR) is 81.9 cm³/mol. The molecule has 3 rings (SSSR count). The van der Waals surface area contributed by atoms with E-state index in [2.05, 4.69) is 39.0 Å². The summed E-state index contributed by atoms with van der Waals surface area (Å²) in [6, 6.07) is 7.32. The fraction of sp³-hybridized carbons (Fsp3) is 0.562. The van der Waals surface area contributed by atoms with Crippen LogP contribution in [0.15, 0.2) is 22.7 Å². The van der Waals surface area contributed by atoms with Gasteiger partial charge in [0.1, 0.15) is 0 Å². The summed E-state index contributed by atoms with van der Waals surface area (Å²) in [6.07, 6.45) is 5.80. The molecule has 1 aromatic carbocycles. The van der Waals surface area contributed by atoms with E-state index in [1.54, 1.807) is 0 Å². The summed E-state index contributed by atoms with van der Waals surface area (Å²) in [5.74, 6) is -0.665. The lowest BCUT2D eigenvalue weighted by atomic mass is 9.87. The molecule has 1 saturated heterocycles. The SMILES string of the molecule is O=C(O)CC1CCCN1C1CCc2cc(Br)ccc2C1. The van der Waals surface area contributed by atoms with Gasteiger partial charge < -0.3 is 5.11 Å². The molecule has 2 unspecified atom stereocenters. The van der Waals surface area contributed by atoms with Crippen LogP contribution in [-0.4, -0.2) is 34.6 Å². The second-order valence-corrected chi connectivity index (χ2v) is 6.86. The Morgan fingerprint density at radius 3 is 3.00 bits per heavy atom. The summed E-state index contributed by atoms with van der Waals surface area (Å²) in [7, 11) is 0. The van der Waals surface area contributed by atoms with E-state index in [9.17, 15) is 4.79 Å². The van der Waals surface area contributed by atoms with E-state index >= 15 is 0 Å². The van der Waals surface area contributed by atoms with Gasteiger partial charge >= 0.3 is 5.97 Å². The van der Waals surface area contributed by atoms with Gasteiger partial charge in [-0.2, -0.15) is 0 Å². The molecule has 1 aliphatic carbocycles. The topological polar surface area (TPSA) is 40.5 Å². The number of carbonyl (C=O) groups is 1. The Morgan fingerprint density at radius 1 is 1.35 bits per heavy atom. The third kappa shape index (κ3) is 2.91. The fourth-order valence-corrected chi connectivity index (χ4v) is 4.16. The van der Waals surface area contributed by atoms with Crippen LogP contribution in [0.5, 0.6) is 0 Å². The van der Waals surface area contributed by atoms with Crippen LogP contribution >= 0.6 is 15.9 Å². The van der Waals surface area contributed by atoms with Crippen molar-refractivity contribution >= 4 is 21.9 Å². The molecule has 0 radical (unpaired) electrons. The van der Waals surface area contributed by atoms with Gasteiger partial charge in [-0.1, -0.05) is 22.0 Å². The monoisotopic (exact) mass is 337 g/mol. The standard InChI is InChI=1S/C16H20BrNO2/c17-13-5-3-12-9-15(6-4-11(12)8-13)18-7-1-2-14(18)10-16(19)20/h3,5,8,14-15H,1-2,4,6-7,9-10H2,(H,19,20). The molecule has 20 heavy (non-hydrogen) atoms. The van der Waals surface area contributed by atoms with Gasteiger partial charge in [0.2, 0.25) is 0 Å². The number of likely N-dealkylation sites (tertiary alicyclic amines) is 1. The molecule has 108 valence electrons. The number of carboxylic acid groups (broad SMARTS) is 1. The molecule has 3 nitrogen and oxygen atoms in total. The highest BCUT2D eigenvalue weighted by Crippen LogP contribution is 2.31. The van der Waals surface area contributed by atoms with E-state index in [1.165, 1.54) is 11.1 Å². The first kappa shape index (κ1) is 14.1. The maximum atomic E-state index is 11.0. The molecule has 1 fully saturated rings. The Balaban J connectivity index is 1.73. The number of aryl methyl sites for hydroxylation is 1. The summed E-state index contributed by atoms with van der Waals surface area (Å²) in [5.41, 5.74) is 2.88. The third-order valence-corrected chi connectivity index (χ3v) is 5.17. The van der Waals surface area contributed by atoms with Gasteiger partial charge in [-0.25, -0.2) is 0 Å². The first-order valence-electron chi connectivity index (χ1n) is 7.38. The van der Waals surface area contributed by atoms with Gasteiger partial charge in [-0.15, -0.1) is 0 Å². The molecular formula is C16H20BrNO2. The fourth-order valence-electron chi connectivity index (χ4n) is 3.75. The lowest BCUT2D eigenvalue weighted by Gasteiger charge is -2.36. The number of halogens is 1. The van der Waals surface area contributed by atoms with Crippen molar-refractivity contribution < 1.29 is 9.90 Å². The Morgan fingerprint density at radius 2 is 2.20 bits per heavy atom. The van der Waals surface area contributed by atoms with E-state index in [0.29, 0.717) is 12.5 Å². The summed E-state index contributed by atoms with van der Waals surface area (Å²) >= 11 is 3.53. The minimum Gasteiger partial charge on any atom is -0.481 e. The van der Waals surface area contributed by atoms with Gasteiger partial charge in [0, 0.05) is 16.6 Å². The summed E-state index contributed by atoms with van der Waals surface area (Å²) in [5, 5.41) is 9.05. The quantitative estimate of drug-likeness (QED) is 0.920. The smallest absolute Gasteiger partial charge is 0.304 e. The van der Waals surface area contributed by atoms with Crippen LogP contribution in [-0.2, 0) is 17.6 Å². The molecule has 0 saturated carbocycles. The van der Waals surface area contributed by atoms with Crippen molar-refractivity contribution in [3.8, 4) is 0 Å². The van der Waals surface area contributed by atoms with Crippen LogP contribution in [0.3, 0.4) is 0 Å². The van der Waals surface area contributed by atoms with E-state index in [1.807, 2.05) is 0 Å². The van der Waals surface area contributed by atoms with Crippen molar-refractivity contribution in [3.05, 3.63) is 33.8 Å². The lowest BCUT2D eigenvalue weighted by molar-refractivity contribution is -0.138. The van der Waals surface area contributed by atoms with Crippen LogP contribution < -0.4 is 0 Å². The second kappa shape index (κ2) is 5.86. The highest BCUT2D eigenvalue weighted by molar-refractivity contribution is 9.10. The first-order chi connectivity index (χ1) is 9.63. The van der Waals surface area contributed by atoms with Crippen molar-refractivity contribution in [1.82, 2.24) is 4.90 Å². The molecule has 1 N–H and O–H groups in total. The van der Waals surface area contributed by atoms with Crippen molar-refractivity contribution in [3.63, 3.8) is 0 Å². The van der Waals surface area contributed by atoms with E-state index in [4.69, 9.17) is 5.11 Å². The number of fused-ring (bicyclic) bond motifs is 1. The lowest BCUT2D eigenvalue weighted by Crippen LogP contribution is -2.43. The number of rotatable bonds is 3. The van der Waals surface area contributed by atoms with Crippen LogP contribution in [0.4, 0.5) is 0 Å². The van der Waals surface area contributed by atoms with E-state index in [-0.39, 0.29) is 6.04 Å². The molecule has 0 amide bonds. The zero-order valence-corrected chi connectivity index (χ0v) is 13.1. The average molecular weight is 338 g/mol. The largest absolute Gasteiger partial charge is 0.481 e. The first-order valence-corrected chi connectivity index (χ1v) is 8.17. The number of nitrogens with zero attached hydrogens (tertiary/aromatic N) is 1. The van der Waals surface area contributed by atoms with Crippen molar-refractivity contribution in [2.75, 3.05) is 6.54 Å². The van der Waals surface area contributed by atoms with Crippen LogP contribution in [0.1, 0.15) is 36.8 Å². The normalized spacial score (nSPS) is 26.4. The molecule has 1 heterocycles. The minimum atomic E-state index is -0.665. The Kier molecular flexibility index (Phi) is 4.13. The second-order valence-electron chi connectivity index (χ2n) is 5.94. The zero-order chi connectivity index (χ0) is 14.1. The minimum absolute atomic E-state index is 0.245. The zero-order valence-electron chi connectivity index (χ0n) is 11.5. The number of benzene rings is 1. The highest BCUT2D eigenvalue weighted by atomic mass is 79.9. The van der Waals surface area contributed by atoms with Gasteiger partial charge in [-0.05, 0) is 61.9 Å². The van der Waals surface area contributed by atoms with Gasteiger partial charge in [0.25, 0.3) is 0 Å². The van der Waals surface area contributed by atoms with Gasteiger partial charge in [-0.3, -0.25) is 9.69 Å². The Bertz CT molecular complexity index is 517. The van der Waals surface area contributed by atoms with E-state index in [0.717, 1.165) is 43.1 Å². The molecule has 2 atom stereocenters. The van der Waals surface area contributed by atoms with E-state index < -0.39 is 5.97 Å². The summed E-state index contributed by atoms with van der Waals surface area (Å²) < 4.78 is 1.15. The number of aliphatic carboxylic acids is 1. The molecule has 0 aromatic heterocycles. The van der Waals surface area contributed by atoms with Crippen molar-refractivity contribution in [2.45, 2.75) is 50.6 Å². The number of hydrogen-bond acceptors (Lipinski definition) is 2. The Labute approximate surface area is 128 Å². The molecule has 0 spiro atoms. The van der Waals surface area contributed by atoms with Crippen LogP contribution in [0.2, 0.25) is 0 Å². The maximum absolute atomic E-state index is 11.0. The number of carboxylic acids is 1. The highest BCUT2D eigenvalue weighted by Gasteiger charge is 2.33. The molecule has 1 aliphatic heterocycles. The van der Waals surface area contributed by atoms with Crippen LogP contribution in [0, 0.1) is 0 Å². The van der Waals surface area contributed by atoms with Crippen molar-refractivity contribution in [1.29, 1.82) is 0 Å². The predicted octanol–water partition coefficient (Wildman–Crippen LogP) is 3.25. The van der Waals surface area contributed by atoms with Crippen LogP contribution in [0.25, 0.3) is 0 Å². The number of hydrogen-bond donors (Lipinski definition) is 1. The average Bonchev–Trinajstić information content (AvgIpc) is 2.85. The summed E-state index contributed by atoms with van der Waals surface area (Å²) in [4.78, 5) is 13.4.